The lowest BCUT2D eigenvalue weighted by molar-refractivity contribution is -0.177. The third-order valence-electron chi connectivity index (χ3n) is 5.98. The summed E-state index contributed by atoms with van der Waals surface area (Å²) in [6.07, 6.45) is -3.31. The van der Waals surface area contributed by atoms with Gasteiger partial charge in [-0.3, -0.25) is 9.20 Å². The molecule has 0 aliphatic rings. The van der Waals surface area contributed by atoms with Gasteiger partial charge in [-0.2, -0.15) is 13.2 Å². The Kier molecular flexibility index (Phi) is 6.03. The third-order valence-corrected chi connectivity index (χ3v) is 5.98. The molecule has 176 valence electrons. The number of hydrogen-bond donors (Lipinski definition) is 2. The van der Waals surface area contributed by atoms with E-state index in [1.54, 1.807) is 24.3 Å². The second kappa shape index (κ2) is 8.81. The molecule has 6 nitrogen and oxygen atoms in total. The van der Waals surface area contributed by atoms with E-state index in [0.717, 1.165) is 28.0 Å². The molecule has 0 fully saturated rings. The molecule has 0 aliphatic heterocycles. The molecule has 2 aromatic heterocycles. The van der Waals surface area contributed by atoms with Crippen LogP contribution in [-0.2, 0) is 0 Å². The first kappa shape index (κ1) is 23.3. The molecule has 2 N–H and O–H groups in total. The number of aryl methyl sites for hydroxylation is 2. The van der Waals surface area contributed by atoms with Crippen LogP contribution in [0.2, 0.25) is 0 Å². The Hall–Kier alpha value is -3.88. The van der Waals surface area contributed by atoms with Gasteiger partial charge in [0.15, 0.2) is 0 Å². The van der Waals surface area contributed by atoms with Crippen molar-refractivity contribution in [1.82, 2.24) is 19.7 Å². The zero-order valence-corrected chi connectivity index (χ0v) is 18.8. The standard InChI is InChI=1S/C25H23F3N4O2/c1-14-9-10-18(11-15(14)2)19-12-21-29-20(13-32(21)24(34)30-19)23(33)31-22(16(3)25(26,27)28)17-7-5-4-6-8-17/h4-13,16,22H,1-3H3,(H,30,34)(H,31,33). The van der Waals surface area contributed by atoms with Crippen LogP contribution in [-0.4, -0.2) is 26.5 Å². The second-order valence-corrected chi connectivity index (χ2v) is 8.33. The van der Waals surface area contributed by atoms with Crippen LogP contribution in [0.5, 0.6) is 0 Å². The summed E-state index contributed by atoms with van der Waals surface area (Å²) in [7, 11) is 0. The van der Waals surface area contributed by atoms with Gasteiger partial charge in [0.2, 0.25) is 0 Å². The van der Waals surface area contributed by atoms with Crippen LogP contribution < -0.4 is 11.0 Å². The molecule has 0 saturated carbocycles. The number of carbonyl (C=O) groups excluding carboxylic acids is 1. The fourth-order valence-electron chi connectivity index (χ4n) is 3.74. The minimum atomic E-state index is -4.52. The van der Waals surface area contributed by atoms with Gasteiger partial charge in [-0.1, -0.05) is 49.4 Å². The highest BCUT2D eigenvalue weighted by molar-refractivity contribution is 5.93. The number of carbonyl (C=O) groups is 1. The van der Waals surface area contributed by atoms with Gasteiger partial charge in [0.1, 0.15) is 11.3 Å². The molecule has 2 aromatic carbocycles. The lowest BCUT2D eigenvalue weighted by Crippen LogP contribution is -2.38. The average molecular weight is 468 g/mol. The maximum atomic E-state index is 13.5. The minimum Gasteiger partial charge on any atom is -0.343 e. The number of alkyl halides is 3. The molecule has 2 unspecified atom stereocenters. The Morgan fingerprint density at radius 3 is 2.41 bits per heavy atom. The largest absolute Gasteiger partial charge is 0.393 e. The first-order chi connectivity index (χ1) is 16.0. The van der Waals surface area contributed by atoms with E-state index in [0.29, 0.717) is 11.3 Å². The first-order valence-corrected chi connectivity index (χ1v) is 10.7. The van der Waals surface area contributed by atoms with Crippen molar-refractivity contribution in [1.29, 1.82) is 0 Å². The van der Waals surface area contributed by atoms with Crippen molar-refractivity contribution in [3.05, 3.63) is 93.7 Å². The van der Waals surface area contributed by atoms with E-state index in [1.807, 2.05) is 32.0 Å². The quantitative estimate of drug-likeness (QED) is 0.434. The van der Waals surface area contributed by atoms with Crippen LogP contribution in [0.25, 0.3) is 16.9 Å². The van der Waals surface area contributed by atoms with Gasteiger partial charge < -0.3 is 10.3 Å². The molecule has 9 heteroatoms. The van der Waals surface area contributed by atoms with Crippen LogP contribution in [0.15, 0.2) is 65.6 Å². The van der Waals surface area contributed by atoms with Crippen molar-refractivity contribution in [3.63, 3.8) is 0 Å². The van der Waals surface area contributed by atoms with Gasteiger partial charge in [0.05, 0.1) is 17.7 Å². The number of aromatic nitrogens is 3. The summed E-state index contributed by atoms with van der Waals surface area (Å²) in [6, 6.07) is 14.0. The number of rotatable bonds is 5. The number of nitrogens with zero attached hydrogens (tertiary/aromatic N) is 2. The number of hydrogen-bond acceptors (Lipinski definition) is 3. The number of benzene rings is 2. The van der Waals surface area contributed by atoms with E-state index in [2.05, 4.69) is 15.3 Å². The fourth-order valence-corrected chi connectivity index (χ4v) is 3.74. The van der Waals surface area contributed by atoms with Crippen molar-refractivity contribution in [2.45, 2.75) is 33.0 Å². The average Bonchev–Trinajstić information content (AvgIpc) is 3.24. The summed E-state index contributed by atoms with van der Waals surface area (Å²) in [5.74, 6) is -2.64. The highest BCUT2D eigenvalue weighted by Gasteiger charge is 2.42. The highest BCUT2D eigenvalue weighted by Crippen LogP contribution is 2.36. The summed E-state index contributed by atoms with van der Waals surface area (Å²) >= 11 is 0. The molecule has 4 rings (SSSR count). The smallest absolute Gasteiger partial charge is 0.343 e. The van der Waals surface area contributed by atoms with E-state index < -0.39 is 29.7 Å². The Morgan fingerprint density at radius 2 is 1.76 bits per heavy atom. The predicted molar refractivity (Wildman–Crippen MR) is 123 cm³/mol. The van der Waals surface area contributed by atoms with E-state index >= 15 is 0 Å². The maximum absolute atomic E-state index is 13.5. The minimum absolute atomic E-state index is 0.155. The zero-order valence-electron chi connectivity index (χ0n) is 18.8. The molecule has 0 spiro atoms. The Morgan fingerprint density at radius 1 is 1.06 bits per heavy atom. The maximum Gasteiger partial charge on any atom is 0.393 e. The van der Waals surface area contributed by atoms with Gasteiger partial charge in [-0.25, -0.2) is 9.78 Å². The zero-order chi connectivity index (χ0) is 24.6. The van der Waals surface area contributed by atoms with Crippen molar-refractivity contribution < 1.29 is 18.0 Å². The topological polar surface area (TPSA) is 79.3 Å². The number of H-pyrrole nitrogens is 1. The summed E-state index contributed by atoms with van der Waals surface area (Å²) in [6.45, 7) is 4.95. The SMILES string of the molecule is Cc1ccc(-c2cc3nc(C(=O)NC(c4ccccc4)C(C)C(F)(F)F)cn3c(=O)[nH]2)cc1C. The normalized spacial score (nSPS) is 13.6. The summed E-state index contributed by atoms with van der Waals surface area (Å²) < 4.78 is 41.7. The number of imidazole rings is 1. The summed E-state index contributed by atoms with van der Waals surface area (Å²) in [5.41, 5.74) is 3.31. The van der Waals surface area contributed by atoms with Gasteiger partial charge >= 0.3 is 11.9 Å². The number of halogens is 3. The van der Waals surface area contributed by atoms with E-state index in [9.17, 15) is 22.8 Å². The molecule has 0 saturated heterocycles. The molecule has 34 heavy (non-hydrogen) atoms. The lowest BCUT2D eigenvalue weighted by Gasteiger charge is -2.27. The van der Waals surface area contributed by atoms with E-state index in [4.69, 9.17) is 0 Å². The summed E-state index contributed by atoms with van der Waals surface area (Å²) in [5, 5.41) is 2.45. The lowest BCUT2D eigenvalue weighted by atomic mass is 9.94. The predicted octanol–water partition coefficient (Wildman–Crippen LogP) is 4.98. The molecule has 4 aromatic rings. The van der Waals surface area contributed by atoms with Gasteiger partial charge in [0, 0.05) is 12.3 Å². The fraction of sp³-hybridized carbons (Fsp3) is 0.240. The molecule has 0 bridgehead atoms. The third kappa shape index (κ3) is 4.59. The summed E-state index contributed by atoms with van der Waals surface area (Å²) in [4.78, 5) is 32.5. The second-order valence-electron chi connectivity index (χ2n) is 8.33. The Balaban J connectivity index is 1.68. The molecule has 0 radical (unpaired) electrons. The van der Waals surface area contributed by atoms with Gasteiger partial charge in [-0.15, -0.1) is 0 Å². The molecule has 2 heterocycles. The van der Waals surface area contributed by atoms with Crippen LogP contribution in [0.1, 0.15) is 40.1 Å². The van der Waals surface area contributed by atoms with Crippen molar-refractivity contribution >= 4 is 11.6 Å². The molecule has 0 aliphatic carbocycles. The number of fused-ring (bicyclic) bond motifs is 1. The molecular weight excluding hydrogens is 445 g/mol. The monoisotopic (exact) mass is 468 g/mol. The number of aromatic amines is 1. The Labute approximate surface area is 193 Å². The highest BCUT2D eigenvalue weighted by atomic mass is 19.4. The van der Waals surface area contributed by atoms with Gasteiger partial charge in [-0.05, 0) is 42.2 Å². The Bertz CT molecular complexity index is 1410. The number of nitrogens with one attached hydrogen (secondary N) is 2. The van der Waals surface area contributed by atoms with Gasteiger partial charge in [0.25, 0.3) is 5.91 Å². The van der Waals surface area contributed by atoms with Crippen LogP contribution in [0.3, 0.4) is 0 Å². The van der Waals surface area contributed by atoms with Crippen LogP contribution in [0.4, 0.5) is 13.2 Å². The van der Waals surface area contributed by atoms with Crippen molar-refractivity contribution in [3.8, 4) is 11.3 Å². The van der Waals surface area contributed by atoms with E-state index in [1.165, 1.54) is 18.3 Å². The van der Waals surface area contributed by atoms with Crippen LogP contribution >= 0.6 is 0 Å². The molecule has 2 atom stereocenters. The molecular formula is C25H23F3N4O2. The number of amides is 1. The molecule has 1 amide bonds. The van der Waals surface area contributed by atoms with Crippen molar-refractivity contribution in [2.24, 2.45) is 5.92 Å². The van der Waals surface area contributed by atoms with E-state index in [-0.39, 0.29) is 11.3 Å². The first-order valence-electron chi connectivity index (χ1n) is 10.7. The van der Waals surface area contributed by atoms with Crippen LogP contribution in [0, 0.1) is 19.8 Å². The van der Waals surface area contributed by atoms with Crippen molar-refractivity contribution in [2.75, 3.05) is 0 Å².